The Balaban J connectivity index is 4.29. The number of carbonyl (C=O) groups excluding carboxylic acids is 1. The van der Waals surface area contributed by atoms with E-state index in [1.165, 1.54) is 116 Å². The number of hydrogen-bond acceptors (Lipinski definition) is 6. The Morgan fingerprint density at radius 1 is 0.638 bits per heavy atom. The lowest BCUT2D eigenvalue weighted by molar-refractivity contribution is -0.870. The van der Waals surface area contributed by atoms with Crippen molar-refractivity contribution in [2.45, 2.75) is 174 Å². The summed E-state index contributed by atoms with van der Waals surface area (Å²) in [7, 11) is 1.67. The van der Waals surface area contributed by atoms with Gasteiger partial charge in [0.25, 0.3) is 0 Å². The first kappa shape index (κ1) is 46.2. The maximum atomic E-state index is 12.6. The van der Waals surface area contributed by atoms with E-state index in [9.17, 15) is 14.3 Å². The van der Waals surface area contributed by atoms with E-state index in [0.29, 0.717) is 24.1 Å². The Morgan fingerprint density at radius 3 is 1.66 bits per heavy atom. The van der Waals surface area contributed by atoms with Crippen molar-refractivity contribution in [2.75, 3.05) is 54.1 Å². The zero-order valence-electron chi connectivity index (χ0n) is 31.5. The van der Waals surface area contributed by atoms with Crippen molar-refractivity contribution in [3.63, 3.8) is 0 Å². The molecule has 0 rings (SSSR count). The molecule has 1 N–H and O–H groups in total. The summed E-state index contributed by atoms with van der Waals surface area (Å²) in [5, 5.41) is 0. The molecule has 8 nitrogen and oxygen atoms in total. The van der Waals surface area contributed by atoms with Gasteiger partial charge in [0, 0.05) is 13.0 Å². The predicted octanol–water partition coefficient (Wildman–Crippen LogP) is 10.7. The molecular formula is C38H77NO7P+. The molecule has 0 radical (unpaired) electrons. The number of allylic oxidation sites excluding steroid dienone is 2. The lowest BCUT2D eigenvalue weighted by Crippen LogP contribution is -2.37. The quantitative estimate of drug-likeness (QED) is 0.0230. The zero-order valence-corrected chi connectivity index (χ0v) is 32.4. The lowest BCUT2D eigenvalue weighted by atomic mass is 10.0. The largest absolute Gasteiger partial charge is 0.472 e. The van der Waals surface area contributed by atoms with Crippen molar-refractivity contribution in [1.82, 2.24) is 0 Å². The molecule has 0 aromatic carbocycles. The second-order valence-electron chi connectivity index (χ2n) is 14.3. The highest BCUT2D eigenvalue weighted by atomic mass is 31.2. The van der Waals surface area contributed by atoms with Gasteiger partial charge in [-0.3, -0.25) is 13.8 Å². The molecule has 0 aromatic heterocycles. The van der Waals surface area contributed by atoms with Gasteiger partial charge in [-0.2, -0.15) is 0 Å². The summed E-state index contributed by atoms with van der Waals surface area (Å²) in [6.07, 6.45) is 32.3. The molecule has 0 aliphatic heterocycles. The molecule has 2 unspecified atom stereocenters. The number of unbranched alkanes of at least 4 members (excludes halogenated alkanes) is 20. The van der Waals surface area contributed by atoms with Gasteiger partial charge in [-0.25, -0.2) is 4.57 Å². The van der Waals surface area contributed by atoms with E-state index in [1.807, 2.05) is 21.1 Å². The molecule has 0 amide bonds. The maximum absolute atomic E-state index is 12.6. The van der Waals surface area contributed by atoms with Crippen LogP contribution in [0.5, 0.6) is 0 Å². The third-order valence-electron chi connectivity index (χ3n) is 8.33. The molecule has 0 aliphatic carbocycles. The zero-order chi connectivity index (χ0) is 34.9. The Hall–Kier alpha value is -0.760. The third kappa shape index (κ3) is 36.3. The Bertz CT molecular complexity index is 772. The number of phosphoric ester groups is 1. The molecule has 0 aliphatic rings. The monoisotopic (exact) mass is 691 g/mol. The van der Waals surface area contributed by atoms with E-state index in [1.54, 1.807) is 0 Å². The lowest BCUT2D eigenvalue weighted by Gasteiger charge is -2.24. The highest BCUT2D eigenvalue weighted by Gasteiger charge is 2.26. The van der Waals surface area contributed by atoms with Crippen molar-refractivity contribution < 1.29 is 37.3 Å². The summed E-state index contributed by atoms with van der Waals surface area (Å²) in [5.74, 6) is -0.316. The highest BCUT2D eigenvalue weighted by Crippen LogP contribution is 2.43. The third-order valence-corrected chi connectivity index (χ3v) is 9.31. The normalized spacial score (nSPS) is 14.1. The fourth-order valence-electron chi connectivity index (χ4n) is 5.25. The molecule has 280 valence electrons. The number of likely N-dealkylation sites (N-methyl/N-ethyl adjacent to an activating group) is 1. The Morgan fingerprint density at radius 2 is 1.11 bits per heavy atom. The van der Waals surface area contributed by atoms with Crippen molar-refractivity contribution >= 4 is 13.8 Å². The van der Waals surface area contributed by atoms with Gasteiger partial charge in [0.15, 0.2) is 0 Å². The van der Waals surface area contributed by atoms with E-state index >= 15 is 0 Å². The molecule has 0 heterocycles. The van der Waals surface area contributed by atoms with Gasteiger partial charge >= 0.3 is 13.8 Å². The van der Waals surface area contributed by atoms with Gasteiger partial charge in [-0.15, -0.1) is 0 Å². The molecule has 0 spiro atoms. The summed E-state index contributed by atoms with van der Waals surface area (Å²) in [5.41, 5.74) is 0. The average molecular weight is 691 g/mol. The second-order valence-corrected chi connectivity index (χ2v) is 15.8. The predicted molar refractivity (Wildman–Crippen MR) is 197 cm³/mol. The molecule has 2 atom stereocenters. The number of esters is 1. The minimum atomic E-state index is -4.26. The van der Waals surface area contributed by atoms with Crippen molar-refractivity contribution in [3.05, 3.63) is 12.2 Å². The van der Waals surface area contributed by atoms with Gasteiger partial charge in [0.05, 0.1) is 34.4 Å². The number of carbonyl (C=O) groups is 1. The fourth-order valence-corrected chi connectivity index (χ4v) is 5.99. The van der Waals surface area contributed by atoms with Crippen LogP contribution in [-0.4, -0.2) is 75.6 Å². The summed E-state index contributed by atoms with van der Waals surface area (Å²) < 4.78 is 34.8. The summed E-state index contributed by atoms with van der Waals surface area (Å²) >= 11 is 0. The van der Waals surface area contributed by atoms with E-state index < -0.39 is 13.9 Å². The van der Waals surface area contributed by atoms with Gasteiger partial charge in [0.2, 0.25) is 0 Å². The van der Waals surface area contributed by atoms with Gasteiger partial charge < -0.3 is 18.9 Å². The van der Waals surface area contributed by atoms with E-state index in [0.717, 1.165) is 32.1 Å². The number of quaternary nitrogens is 1. The smallest absolute Gasteiger partial charge is 0.457 e. The van der Waals surface area contributed by atoms with E-state index in [4.69, 9.17) is 18.5 Å². The van der Waals surface area contributed by atoms with E-state index in [-0.39, 0.29) is 25.8 Å². The Kier molecular flexibility index (Phi) is 31.9. The number of rotatable bonds is 36. The van der Waals surface area contributed by atoms with Crippen molar-refractivity contribution in [2.24, 2.45) is 0 Å². The van der Waals surface area contributed by atoms with Crippen LogP contribution >= 0.6 is 7.82 Å². The summed E-state index contributed by atoms with van der Waals surface area (Å²) in [6.45, 7) is 5.59. The van der Waals surface area contributed by atoms with E-state index in [2.05, 4.69) is 26.0 Å². The van der Waals surface area contributed by atoms with Crippen molar-refractivity contribution in [3.8, 4) is 0 Å². The standard InChI is InChI=1S/C38H76NO7P/c1-6-8-10-12-14-16-18-20-22-24-26-28-30-33-43-35-37(36-45-47(41,42)44-34-32-39(3,4)5)46-38(40)31-29-27-25-23-21-19-17-15-13-11-9-7-2/h14,16,37H,6-13,15,17-36H2,1-5H3/p+1/b16-14-. The second kappa shape index (κ2) is 32.4. The molecule has 0 fully saturated rings. The molecule has 0 aromatic rings. The minimum Gasteiger partial charge on any atom is -0.457 e. The average Bonchev–Trinajstić information content (AvgIpc) is 3.01. The van der Waals surface area contributed by atoms with Crippen molar-refractivity contribution in [1.29, 1.82) is 0 Å². The molecule has 0 saturated heterocycles. The SMILES string of the molecule is CCCCC/C=C\CCCCCCCCOCC(COP(=O)(O)OCC[N+](C)(C)C)OC(=O)CCCCCCCCCCCCCC. The van der Waals surface area contributed by atoms with Crippen LogP contribution in [0.3, 0.4) is 0 Å². The van der Waals surface area contributed by atoms with Crippen LogP contribution in [0.1, 0.15) is 168 Å². The number of ether oxygens (including phenoxy) is 2. The number of phosphoric acid groups is 1. The van der Waals surface area contributed by atoms with Crippen LogP contribution in [0.2, 0.25) is 0 Å². The summed E-state index contributed by atoms with van der Waals surface area (Å²) in [6, 6.07) is 0. The Labute approximate surface area is 290 Å². The van der Waals surface area contributed by atoms with Crippen LogP contribution in [-0.2, 0) is 27.9 Å². The first-order chi connectivity index (χ1) is 22.6. The first-order valence-corrected chi connectivity index (χ1v) is 20.9. The molecule has 0 saturated carbocycles. The van der Waals surface area contributed by atoms with Gasteiger partial charge in [-0.05, 0) is 38.5 Å². The highest BCUT2D eigenvalue weighted by molar-refractivity contribution is 7.47. The summed E-state index contributed by atoms with van der Waals surface area (Å²) in [4.78, 5) is 22.7. The van der Waals surface area contributed by atoms with Gasteiger partial charge in [0.1, 0.15) is 19.3 Å². The molecule has 9 heteroatoms. The fraction of sp³-hybridized carbons (Fsp3) is 0.921. The van der Waals surface area contributed by atoms with Crippen LogP contribution < -0.4 is 0 Å². The molecule has 47 heavy (non-hydrogen) atoms. The minimum absolute atomic E-state index is 0.0902. The molecule has 0 bridgehead atoms. The molecular weight excluding hydrogens is 613 g/mol. The maximum Gasteiger partial charge on any atom is 0.472 e. The van der Waals surface area contributed by atoms with Crippen LogP contribution in [0, 0.1) is 0 Å². The van der Waals surface area contributed by atoms with Crippen LogP contribution in [0.25, 0.3) is 0 Å². The van der Waals surface area contributed by atoms with Gasteiger partial charge in [-0.1, -0.05) is 135 Å². The van der Waals surface area contributed by atoms with Crippen LogP contribution in [0.15, 0.2) is 12.2 Å². The first-order valence-electron chi connectivity index (χ1n) is 19.4. The number of nitrogens with zero attached hydrogens (tertiary/aromatic N) is 1. The number of hydrogen-bond donors (Lipinski definition) is 1. The van der Waals surface area contributed by atoms with Crippen LogP contribution in [0.4, 0.5) is 0 Å². The topological polar surface area (TPSA) is 91.3 Å².